The van der Waals surface area contributed by atoms with Crippen LogP contribution < -0.4 is 5.32 Å². The zero-order valence-electron chi connectivity index (χ0n) is 9.82. The van der Waals surface area contributed by atoms with Gasteiger partial charge in [-0.3, -0.25) is 0 Å². The maximum absolute atomic E-state index is 12.5. The van der Waals surface area contributed by atoms with Gasteiger partial charge in [0, 0.05) is 22.6 Å². The first-order chi connectivity index (χ1) is 8.34. The molecule has 0 saturated carbocycles. The Balaban J connectivity index is 2.69. The number of anilines is 1. The Morgan fingerprint density at radius 2 is 2.06 bits per heavy atom. The molecule has 1 unspecified atom stereocenters. The molecule has 1 nitrogen and oxygen atoms in total. The number of nitrogens with one attached hydrogen (secondary N) is 1. The second-order valence-corrected chi connectivity index (χ2v) is 5.39. The Morgan fingerprint density at radius 3 is 2.56 bits per heavy atom. The van der Waals surface area contributed by atoms with Gasteiger partial charge in [-0.1, -0.05) is 6.92 Å². The molecule has 0 radical (unpaired) electrons. The van der Waals surface area contributed by atoms with Crippen molar-refractivity contribution in [2.45, 2.75) is 19.5 Å². The van der Waals surface area contributed by atoms with Gasteiger partial charge in [0.05, 0.1) is 5.56 Å². The summed E-state index contributed by atoms with van der Waals surface area (Å²) in [6, 6.07) is 3.58. The molecule has 18 heavy (non-hydrogen) atoms. The highest BCUT2D eigenvalue weighted by Gasteiger charge is 2.30. The smallest absolute Gasteiger partial charge is 0.384 e. The van der Waals surface area contributed by atoms with Crippen molar-refractivity contribution >= 4 is 33.2 Å². The minimum atomic E-state index is -4.31. The summed E-state index contributed by atoms with van der Waals surface area (Å²) < 4.78 is 37.8. The lowest BCUT2D eigenvalue weighted by Gasteiger charge is -2.15. The van der Waals surface area contributed by atoms with Crippen LogP contribution in [-0.4, -0.2) is 12.4 Å². The van der Waals surface area contributed by atoms with E-state index < -0.39 is 11.7 Å². The average Bonchev–Trinajstić information content (AvgIpc) is 2.26. The molecular formula is C12H14BrClF3N. The molecule has 6 heteroatoms. The summed E-state index contributed by atoms with van der Waals surface area (Å²) in [4.78, 5) is 0. The highest BCUT2D eigenvalue weighted by Crippen LogP contribution is 2.33. The Hall–Kier alpha value is -0.420. The molecule has 0 heterocycles. The van der Waals surface area contributed by atoms with E-state index >= 15 is 0 Å². The van der Waals surface area contributed by atoms with Gasteiger partial charge < -0.3 is 5.32 Å². The van der Waals surface area contributed by atoms with Crippen LogP contribution in [0.2, 0.25) is 0 Å². The lowest BCUT2D eigenvalue weighted by Crippen LogP contribution is -2.12. The summed E-state index contributed by atoms with van der Waals surface area (Å²) in [6.07, 6.45) is -3.44. The highest BCUT2D eigenvalue weighted by atomic mass is 79.9. The monoisotopic (exact) mass is 343 g/mol. The molecule has 1 aromatic carbocycles. The SMILES string of the molecule is CC(CCCl)CNc1ccc(C(F)(F)F)cc1Br. The fourth-order valence-electron chi connectivity index (χ4n) is 1.41. The van der Waals surface area contributed by atoms with E-state index in [2.05, 4.69) is 21.2 Å². The third kappa shape index (κ3) is 4.69. The van der Waals surface area contributed by atoms with Crippen molar-refractivity contribution in [1.82, 2.24) is 0 Å². The Morgan fingerprint density at radius 1 is 1.39 bits per heavy atom. The maximum Gasteiger partial charge on any atom is 0.416 e. The summed E-state index contributed by atoms with van der Waals surface area (Å²) in [5.74, 6) is 0.952. The predicted molar refractivity (Wildman–Crippen MR) is 72.1 cm³/mol. The zero-order valence-corrected chi connectivity index (χ0v) is 12.2. The number of alkyl halides is 4. The molecule has 1 aromatic rings. The molecule has 0 spiro atoms. The third-order valence-corrected chi connectivity index (χ3v) is 3.41. The van der Waals surface area contributed by atoms with Crippen LogP contribution in [0.5, 0.6) is 0 Å². The quantitative estimate of drug-likeness (QED) is 0.729. The Bertz CT molecular complexity index is 395. The van der Waals surface area contributed by atoms with Crippen molar-refractivity contribution in [2.75, 3.05) is 17.7 Å². The second kappa shape index (κ2) is 6.66. The molecule has 0 aliphatic carbocycles. The van der Waals surface area contributed by atoms with Gasteiger partial charge in [-0.05, 0) is 46.5 Å². The summed E-state index contributed by atoms with van der Waals surface area (Å²) in [5, 5.41) is 3.10. The number of benzene rings is 1. The molecule has 1 N–H and O–H groups in total. The van der Waals surface area contributed by atoms with E-state index in [0.29, 0.717) is 28.5 Å². The predicted octanol–water partition coefficient (Wildman–Crippen LogP) is 5.14. The first kappa shape index (κ1) is 15.6. The molecule has 0 aliphatic heterocycles. The first-order valence-corrected chi connectivity index (χ1v) is 6.84. The van der Waals surface area contributed by atoms with Crippen LogP contribution in [0.1, 0.15) is 18.9 Å². The minimum absolute atomic E-state index is 0.372. The van der Waals surface area contributed by atoms with E-state index in [9.17, 15) is 13.2 Å². The number of halogens is 5. The summed E-state index contributed by atoms with van der Waals surface area (Å²) in [5.41, 5.74) is -0.00171. The molecule has 0 saturated heterocycles. The van der Waals surface area contributed by atoms with Crippen LogP contribution in [0, 0.1) is 5.92 Å². The van der Waals surface area contributed by atoms with Gasteiger partial charge in [-0.2, -0.15) is 13.2 Å². The summed E-state index contributed by atoms with van der Waals surface area (Å²) >= 11 is 8.76. The van der Waals surface area contributed by atoms with Gasteiger partial charge in [-0.25, -0.2) is 0 Å². The van der Waals surface area contributed by atoms with Crippen molar-refractivity contribution in [1.29, 1.82) is 0 Å². The highest BCUT2D eigenvalue weighted by molar-refractivity contribution is 9.10. The normalized spacial score (nSPS) is 13.4. The van der Waals surface area contributed by atoms with E-state index in [1.165, 1.54) is 6.07 Å². The number of hydrogen-bond donors (Lipinski definition) is 1. The van der Waals surface area contributed by atoms with Gasteiger partial charge >= 0.3 is 6.18 Å². The van der Waals surface area contributed by atoms with Crippen LogP contribution in [0.15, 0.2) is 22.7 Å². The maximum atomic E-state index is 12.5. The zero-order chi connectivity index (χ0) is 13.8. The molecule has 102 valence electrons. The number of hydrogen-bond acceptors (Lipinski definition) is 1. The molecule has 1 atom stereocenters. The van der Waals surface area contributed by atoms with E-state index in [1.807, 2.05) is 6.92 Å². The molecular weight excluding hydrogens is 330 g/mol. The van der Waals surface area contributed by atoms with Crippen molar-refractivity contribution in [3.05, 3.63) is 28.2 Å². The largest absolute Gasteiger partial charge is 0.416 e. The lowest BCUT2D eigenvalue weighted by molar-refractivity contribution is -0.137. The van der Waals surface area contributed by atoms with Gasteiger partial charge in [0.15, 0.2) is 0 Å². The lowest BCUT2D eigenvalue weighted by atomic mass is 10.1. The van der Waals surface area contributed by atoms with Gasteiger partial charge in [0.2, 0.25) is 0 Å². The van der Waals surface area contributed by atoms with Gasteiger partial charge in [-0.15, -0.1) is 11.6 Å². The number of rotatable bonds is 5. The molecule has 0 aliphatic rings. The van der Waals surface area contributed by atoms with Crippen LogP contribution in [0.4, 0.5) is 18.9 Å². The van der Waals surface area contributed by atoms with Gasteiger partial charge in [0.1, 0.15) is 0 Å². The fraction of sp³-hybridized carbons (Fsp3) is 0.500. The van der Waals surface area contributed by atoms with E-state index in [-0.39, 0.29) is 0 Å². The topological polar surface area (TPSA) is 12.0 Å². The fourth-order valence-corrected chi connectivity index (χ4v) is 2.30. The average molecular weight is 345 g/mol. The van der Waals surface area contributed by atoms with Crippen molar-refractivity contribution in [3.8, 4) is 0 Å². The minimum Gasteiger partial charge on any atom is -0.384 e. The Kier molecular flexibility index (Phi) is 5.79. The molecule has 0 amide bonds. The third-order valence-electron chi connectivity index (χ3n) is 2.54. The molecule has 0 bridgehead atoms. The van der Waals surface area contributed by atoms with Crippen LogP contribution in [0.25, 0.3) is 0 Å². The first-order valence-electron chi connectivity index (χ1n) is 5.51. The molecule has 1 rings (SSSR count). The second-order valence-electron chi connectivity index (χ2n) is 4.16. The van der Waals surface area contributed by atoms with E-state index in [0.717, 1.165) is 18.6 Å². The van der Waals surface area contributed by atoms with Crippen LogP contribution in [-0.2, 0) is 6.18 Å². The molecule has 0 fully saturated rings. The van der Waals surface area contributed by atoms with E-state index in [4.69, 9.17) is 11.6 Å². The van der Waals surface area contributed by atoms with Crippen molar-refractivity contribution in [3.63, 3.8) is 0 Å². The van der Waals surface area contributed by atoms with E-state index in [1.54, 1.807) is 0 Å². The molecule has 0 aromatic heterocycles. The standard InChI is InChI=1S/C12H14BrClF3N/c1-8(4-5-14)7-18-11-3-2-9(6-10(11)13)12(15,16)17/h2-3,6,8,18H,4-5,7H2,1H3. The van der Waals surface area contributed by atoms with Crippen molar-refractivity contribution < 1.29 is 13.2 Å². The summed E-state index contributed by atoms with van der Waals surface area (Å²) in [6.45, 7) is 2.71. The van der Waals surface area contributed by atoms with Crippen LogP contribution in [0.3, 0.4) is 0 Å². The summed E-state index contributed by atoms with van der Waals surface area (Å²) in [7, 11) is 0. The van der Waals surface area contributed by atoms with Gasteiger partial charge in [0.25, 0.3) is 0 Å². The van der Waals surface area contributed by atoms with Crippen molar-refractivity contribution in [2.24, 2.45) is 5.92 Å². The van der Waals surface area contributed by atoms with Crippen LogP contribution >= 0.6 is 27.5 Å². The Labute approximate surface area is 118 Å².